The molecule has 3 saturated heterocycles. The highest BCUT2D eigenvalue weighted by molar-refractivity contribution is 14.0. The molecule has 1 N–H and O–H groups in total. The quantitative estimate of drug-likeness (QED) is 0.272. The smallest absolute Gasteiger partial charge is 0.193 e. The van der Waals surface area contributed by atoms with Crippen molar-refractivity contribution < 1.29 is 4.74 Å². The van der Waals surface area contributed by atoms with E-state index < -0.39 is 0 Å². The van der Waals surface area contributed by atoms with Crippen molar-refractivity contribution >= 4 is 29.9 Å². The first-order chi connectivity index (χ1) is 12.2. The molecule has 3 fully saturated rings. The number of ether oxygens (including phenoxy) is 1. The van der Waals surface area contributed by atoms with E-state index in [1.54, 1.807) is 0 Å². The van der Waals surface area contributed by atoms with Gasteiger partial charge in [-0.15, -0.1) is 24.0 Å². The number of likely N-dealkylation sites (tertiary alicyclic amines) is 1. The van der Waals surface area contributed by atoms with E-state index in [0.29, 0.717) is 5.41 Å². The average Bonchev–Trinajstić information content (AvgIpc) is 3.29. The Morgan fingerprint density at radius 1 is 1.08 bits per heavy atom. The fraction of sp³-hybridized carbons (Fsp3) is 0.947. The Bertz CT molecular complexity index is 434. The third kappa shape index (κ3) is 5.94. The van der Waals surface area contributed by atoms with Gasteiger partial charge in [-0.3, -0.25) is 4.99 Å². The number of guanidine groups is 1. The molecular weight excluding hydrogens is 441 g/mol. The molecule has 3 aliphatic rings. The van der Waals surface area contributed by atoms with Gasteiger partial charge in [0, 0.05) is 64.9 Å². The lowest BCUT2D eigenvalue weighted by molar-refractivity contribution is 0.136. The van der Waals surface area contributed by atoms with Crippen LogP contribution in [0.1, 0.15) is 32.6 Å². The van der Waals surface area contributed by atoms with Crippen molar-refractivity contribution in [2.45, 2.75) is 32.6 Å². The van der Waals surface area contributed by atoms with Crippen molar-refractivity contribution in [1.29, 1.82) is 0 Å². The molecule has 3 heterocycles. The number of nitrogens with zero attached hydrogens (tertiary/aromatic N) is 4. The van der Waals surface area contributed by atoms with Gasteiger partial charge in [-0.1, -0.05) is 6.92 Å². The molecule has 0 aromatic heterocycles. The van der Waals surface area contributed by atoms with Crippen molar-refractivity contribution in [3.63, 3.8) is 0 Å². The maximum atomic E-state index is 5.63. The number of hydrogen-bond donors (Lipinski definition) is 1. The molecule has 6 nitrogen and oxygen atoms in total. The minimum atomic E-state index is 0. The topological polar surface area (TPSA) is 43.3 Å². The maximum absolute atomic E-state index is 5.63. The van der Waals surface area contributed by atoms with Gasteiger partial charge in [-0.25, -0.2) is 0 Å². The summed E-state index contributed by atoms with van der Waals surface area (Å²) in [6, 6.07) is 0. The van der Waals surface area contributed by atoms with E-state index in [1.165, 1.54) is 65.0 Å². The zero-order valence-electron chi connectivity index (χ0n) is 16.7. The average molecular weight is 479 g/mol. The molecule has 3 rings (SSSR count). The Kier molecular flexibility index (Phi) is 9.40. The third-order valence-corrected chi connectivity index (χ3v) is 6.23. The molecule has 0 aliphatic carbocycles. The van der Waals surface area contributed by atoms with E-state index in [2.05, 4.69) is 31.9 Å². The van der Waals surface area contributed by atoms with Gasteiger partial charge in [0.15, 0.2) is 5.96 Å². The first-order valence-corrected chi connectivity index (χ1v) is 10.2. The van der Waals surface area contributed by atoms with Crippen molar-refractivity contribution in [3.8, 4) is 0 Å². The molecule has 1 unspecified atom stereocenters. The fourth-order valence-corrected chi connectivity index (χ4v) is 4.41. The molecule has 0 aromatic carbocycles. The van der Waals surface area contributed by atoms with Gasteiger partial charge in [-0.2, -0.15) is 0 Å². The van der Waals surface area contributed by atoms with E-state index >= 15 is 0 Å². The van der Waals surface area contributed by atoms with Crippen LogP contribution < -0.4 is 5.32 Å². The first kappa shape index (κ1) is 22.2. The highest BCUT2D eigenvalue weighted by Gasteiger charge is 2.42. The Morgan fingerprint density at radius 3 is 2.50 bits per heavy atom. The lowest BCUT2D eigenvalue weighted by atomic mass is 9.87. The number of aliphatic imine (C=N–C) groups is 1. The second-order valence-corrected chi connectivity index (χ2v) is 7.93. The van der Waals surface area contributed by atoms with Crippen LogP contribution in [0.4, 0.5) is 0 Å². The van der Waals surface area contributed by atoms with Crippen molar-refractivity contribution in [3.05, 3.63) is 0 Å². The number of halogens is 1. The zero-order chi connectivity index (χ0) is 17.5. The van der Waals surface area contributed by atoms with Crippen LogP contribution in [0.25, 0.3) is 0 Å². The van der Waals surface area contributed by atoms with Crippen LogP contribution in [0, 0.1) is 5.41 Å². The summed E-state index contributed by atoms with van der Waals surface area (Å²) in [6.45, 7) is 14.8. The van der Waals surface area contributed by atoms with E-state index in [0.717, 1.165) is 38.8 Å². The number of rotatable bonds is 6. The van der Waals surface area contributed by atoms with Crippen LogP contribution in [-0.2, 0) is 4.74 Å². The standard InChI is InChI=1S/C19H37N5O.HI/c1-3-22-11-13-23(14-12-22)9-5-4-8-21-18(20-2)24-10-6-19(16-24)7-15-25-17-19;/h3-17H2,1-2H3,(H,20,21);1H. The number of hydrogen-bond acceptors (Lipinski definition) is 4. The number of likely N-dealkylation sites (N-methyl/N-ethyl adjacent to an activating group) is 1. The lowest BCUT2D eigenvalue weighted by Gasteiger charge is -2.34. The van der Waals surface area contributed by atoms with Crippen molar-refractivity contribution in [1.82, 2.24) is 20.0 Å². The number of unbranched alkanes of at least 4 members (excludes halogenated alkanes) is 1. The second-order valence-electron chi connectivity index (χ2n) is 7.93. The largest absolute Gasteiger partial charge is 0.381 e. The third-order valence-electron chi connectivity index (χ3n) is 6.23. The predicted octanol–water partition coefficient (Wildman–Crippen LogP) is 1.71. The summed E-state index contributed by atoms with van der Waals surface area (Å²) in [5, 5.41) is 3.58. The molecule has 0 saturated carbocycles. The summed E-state index contributed by atoms with van der Waals surface area (Å²) in [5.41, 5.74) is 0.401. The highest BCUT2D eigenvalue weighted by atomic mass is 127. The monoisotopic (exact) mass is 479 g/mol. The van der Waals surface area contributed by atoms with Gasteiger partial charge in [0.2, 0.25) is 0 Å². The molecule has 1 spiro atoms. The Morgan fingerprint density at radius 2 is 1.85 bits per heavy atom. The van der Waals surface area contributed by atoms with Crippen molar-refractivity contribution in [2.75, 3.05) is 79.2 Å². The molecule has 0 radical (unpaired) electrons. The van der Waals surface area contributed by atoms with Gasteiger partial charge in [0.1, 0.15) is 0 Å². The van der Waals surface area contributed by atoms with Gasteiger partial charge in [0.05, 0.1) is 6.61 Å². The Labute approximate surface area is 176 Å². The van der Waals surface area contributed by atoms with Crippen LogP contribution in [0.3, 0.4) is 0 Å². The lowest BCUT2D eigenvalue weighted by Crippen LogP contribution is -2.46. The summed E-state index contributed by atoms with van der Waals surface area (Å²) in [7, 11) is 1.91. The van der Waals surface area contributed by atoms with Crippen LogP contribution in [0.2, 0.25) is 0 Å². The normalized spacial score (nSPS) is 27.9. The first-order valence-electron chi connectivity index (χ1n) is 10.2. The minimum Gasteiger partial charge on any atom is -0.381 e. The van der Waals surface area contributed by atoms with E-state index in [9.17, 15) is 0 Å². The fourth-order valence-electron chi connectivity index (χ4n) is 4.41. The van der Waals surface area contributed by atoms with E-state index in [4.69, 9.17) is 4.74 Å². The molecule has 7 heteroatoms. The molecular formula is C19H38IN5O. The van der Waals surface area contributed by atoms with Gasteiger partial charge < -0.3 is 24.8 Å². The maximum Gasteiger partial charge on any atom is 0.193 e. The van der Waals surface area contributed by atoms with Crippen LogP contribution >= 0.6 is 24.0 Å². The van der Waals surface area contributed by atoms with Crippen LogP contribution in [0.15, 0.2) is 4.99 Å². The predicted molar refractivity (Wildman–Crippen MR) is 119 cm³/mol. The van der Waals surface area contributed by atoms with E-state index in [1.807, 2.05) is 7.05 Å². The van der Waals surface area contributed by atoms with Crippen LogP contribution in [0.5, 0.6) is 0 Å². The molecule has 1 atom stereocenters. The summed E-state index contributed by atoms with van der Waals surface area (Å²) in [5.74, 6) is 1.08. The SMILES string of the molecule is CCN1CCN(CCCCNC(=NC)N2CCC3(CCOC3)C2)CC1.I. The zero-order valence-corrected chi connectivity index (χ0v) is 19.0. The molecule has 0 bridgehead atoms. The van der Waals surface area contributed by atoms with Gasteiger partial charge in [0.25, 0.3) is 0 Å². The molecule has 0 amide bonds. The summed E-state index contributed by atoms with van der Waals surface area (Å²) in [6.07, 6.45) is 4.95. The molecule has 152 valence electrons. The summed E-state index contributed by atoms with van der Waals surface area (Å²) < 4.78 is 5.63. The second kappa shape index (κ2) is 11.0. The molecule has 26 heavy (non-hydrogen) atoms. The highest BCUT2D eigenvalue weighted by Crippen LogP contribution is 2.38. The summed E-state index contributed by atoms with van der Waals surface area (Å²) in [4.78, 5) is 12.1. The van der Waals surface area contributed by atoms with Gasteiger partial charge >= 0.3 is 0 Å². The van der Waals surface area contributed by atoms with E-state index in [-0.39, 0.29) is 24.0 Å². The Hall–Kier alpha value is -0.120. The number of nitrogens with one attached hydrogen (secondary N) is 1. The van der Waals surface area contributed by atoms with Crippen molar-refractivity contribution in [2.24, 2.45) is 10.4 Å². The summed E-state index contributed by atoms with van der Waals surface area (Å²) >= 11 is 0. The molecule has 3 aliphatic heterocycles. The minimum absolute atomic E-state index is 0. The van der Waals surface area contributed by atoms with Crippen LogP contribution in [-0.4, -0.2) is 99.8 Å². The number of piperazine rings is 1. The van der Waals surface area contributed by atoms with Gasteiger partial charge in [-0.05, 0) is 38.8 Å². The Balaban J connectivity index is 0.00000243. The molecule has 0 aromatic rings.